The van der Waals surface area contributed by atoms with Crippen LogP contribution in [0.25, 0.3) is 0 Å². The van der Waals surface area contributed by atoms with Crippen LogP contribution < -0.4 is 15.3 Å². The second kappa shape index (κ2) is 7.53. The molecular formula is C18H21O3P. The molecule has 0 saturated heterocycles. The molecule has 0 amide bonds. The number of carbonyl (C=O) groups excluding carboxylic acids is 1. The third-order valence-electron chi connectivity index (χ3n) is 3.29. The molecule has 1 atom stereocenters. The molecule has 0 aliphatic heterocycles. The summed E-state index contributed by atoms with van der Waals surface area (Å²) in [6.45, 7) is 5.88. The lowest BCUT2D eigenvalue weighted by atomic mass is 10.1. The highest BCUT2D eigenvalue weighted by Gasteiger charge is 2.11. The zero-order valence-electron chi connectivity index (χ0n) is 13.4. The van der Waals surface area contributed by atoms with Crippen molar-refractivity contribution in [3.63, 3.8) is 0 Å². The number of methoxy groups -OCH3 is 1. The smallest absolute Gasteiger partial charge is 0.188 e. The number of hydrogen-bond acceptors (Lipinski definition) is 3. The van der Waals surface area contributed by atoms with Gasteiger partial charge in [0.15, 0.2) is 12.6 Å². The molecule has 3 nitrogen and oxygen atoms in total. The van der Waals surface area contributed by atoms with Gasteiger partial charge in [-0.2, -0.15) is 0 Å². The predicted molar refractivity (Wildman–Crippen MR) is 92.4 cm³/mol. The number of ketones is 1. The lowest BCUT2D eigenvalue weighted by Crippen LogP contribution is -2.15. The van der Waals surface area contributed by atoms with Crippen LogP contribution in [0, 0.1) is 13.8 Å². The average Bonchev–Trinajstić information content (AvgIpc) is 2.48. The molecule has 0 N–H and O–H groups in total. The van der Waals surface area contributed by atoms with E-state index in [9.17, 15) is 4.79 Å². The molecule has 0 bridgehead atoms. The van der Waals surface area contributed by atoms with Crippen molar-refractivity contribution in [3.8, 4) is 5.75 Å². The van der Waals surface area contributed by atoms with Gasteiger partial charge in [-0.05, 0) is 44.3 Å². The van der Waals surface area contributed by atoms with E-state index in [1.54, 1.807) is 14.0 Å². The van der Waals surface area contributed by atoms with Crippen molar-refractivity contribution >= 4 is 25.0 Å². The maximum absolute atomic E-state index is 11.9. The Kier molecular flexibility index (Phi) is 5.70. The first-order valence-corrected chi connectivity index (χ1v) is 8.12. The highest BCUT2D eigenvalue weighted by molar-refractivity contribution is 7.56. The lowest BCUT2D eigenvalue weighted by Gasteiger charge is -2.14. The third-order valence-corrected chi connectivity index (χ3v) is 4.66. The molecule has 2 rings (SSSR count). The zero-order chi connectivity index (χ0) is 16.1. The summed E-state index contributed by atoms with van der Waals surface area (Å²) in [5.41, 5.74) is 3.06. The Morgan fingerprint density at radius 1 is 1.05 bits per heavy atom. The number of aryl methyl sites for hydroxylation is 2. The number of rotatable bonds is 6. The van der Waals surface area contributed by atoms with Gasteiger partial charge in [0.05, 0.1) is 0 Å². The molecule has 4 heteroatoms. The van der Waals surface area contributed by atoms with Crippen molar-refractivity contribution in [2.45, 2.75) is 20.8 Å². The summed E-state index contributed by atoms with van der Waals surface area (Å²) in [6, 6.07) is 12.1. The summed E-state index contributed by atoms with van der Waals surface area (Å²) >= 11 is 0. The fourth-order valence-electron chi connectivity index (χ4n) is 2.19. The second-order valence-electron chi connectivity index (χ2n) is 5.28. The molecule has 0 spiro atoms. The van der Waals surface area contributed by atoms with Gasteiger partial charge in [0.25, 0.3) is 0 Å². The van der Waals surface area contributed by atoms with E-state index >= 15 is 0 Å². The van der Waals surface area contributed by atoms with Crippen molar-refractivity contribution in [2.24, 2.45) is 0 Å². The van der Waals surface area contributed by atoms with Crippen molar-refractivity contribution in [1.82, 2.24) is 0 Å². The molecule has 0 heterocycles. The van der Waals surface area contributed by atoms with Gasteiger partial charge in [-0.1, -0.05) is 37.9 Å². The Balaban J connectivity index is 2.38. The van der Waals surface area contributed by atoms with Gasteiger partial charge in [-0.25, -0.2) is 0 Å². The molecule has 0 aliphatic carbocycles. The first-order chi connectivity index (χ1) is 10.5. The van der Waals surface area contributed by atoms with Gasteiger partial charge in [0.2, 0.25) is 0 Å². The SMILES string of the molecule is COCOc1ccc(C)cc1Pc1ccc(C)cc1C(C)=O. The minimum atomic E-state index is 0.0956. The summed E-state index contributed by atoms with van der Waals surface area (Å²) in [6.07, 6.45) is 0. The summed E-state index contributed by atoms with van der Waals surface area (Å²) < 4.78 is 10.6. The van der Waals surface area contributed by atoms with E-state index in [4.69, 9.17) is 9.47 Å². The number of hydrogen-bond donors (Lipinski definition) is 0. The molecule has 0 aliphatic rings. The van der Waals surface area contributed by atoms with E-state index in [2.05, 4.69) is 13.0 Å². The molecule has 116 valence electrons. The number of Topliss-reactive ketones (excluding diaryl/α,β-unsaturated/α-hetero) is 1. The molecule has 2 aromatic rings. The van der Waals surface area contributed by atoms with Crippen LogP contribution in [-0.4, -0.2) is 19.7 Å². The standard InChI is InChI=1S/C18H21O3P/c1-12-6-8-17(15(9-12)14(3)19)22-18-10-13(2)5-7-16(18)21-11-20-4/h5-10,22H,11H2,1-4H3. The van der Waals surface area contributed by atoms with Crippen LogP contribution >= 0.6 is 8.58 Å². The van der Waals surface area contributed by atoms with Gasteiger partial charge in [0.1, 0.15) is 5.75 Å². The Bertz CT molecular complexity index is 680. The van der Waals surface area contributed by atoms with Crippen molar-refractivity contribution in [2.75, 3.05) is 13.9 Å². The Morgan fingerprint density at radius 2 is 1.73 bits per heavy atom. The average molecular weight is 316 g/mol. The quantitative estimate of drug-likeness (QED) is 0.467. The summed E-state index contributed by atoms with van der Waals surface area (Å²) in [4.78, 5) is 11.9. The van der Waals surface area contributed by atoms with Gasteiger partial charge in [-0.3, -0.25) is 4.79 Å². The van der Waals surface area contributed by atoms with E-state index < -0.39 is 0 Å². The summed E-state index contributed by atoms with van der Waals surface area (Å²) in [7, 11) is 1.97. The van der Waals surface area contributed by atoms with E-state index in [1.807, 2.05) is 37.3 Å². The molecular weight excluding hydrogens is 295 g/mol. The molecule has 0 saturated carbocycles. The largest absolute Gasteiger partial charge is 0.467 e. The van der Waals surface area contributed by atoms with Gasteiger partial charge in [-0.15, -0.1) is 0 Å². The van der Waals surface area contributed by atoms with Crippen LogP contribution in [0.2, 0.25) is 0 Å². The highest BCUT2D eigenvalue weighted by Crippen LogP contribution is 2.23. The maximum Gasteiger partial charge on any atom is 0.188 e. The van der Waals surface area contributed by atoms with Crippen LogP contribution in [0.3, 0.4) is 0 Å². The molecule has 2 aromatic carbocycles. The minimum absolute atomic E-state index is 0.0956. The van der Waals surface area contributed by atoms with Crippen molar-refractivity contribution in [3.05, 3.63) is 53.1 Å². The van der Waals surface area contributed by atoms with Crippen molar-refractivity contribution < 1.29 is 14.3 Å². The zero-order valence-corrected chi connectivity index (χ0v) is 14.4. The topological polar surface area (TPSA) is 35.5 Å². The van der Waals surface area contributed by atoms with Crippen LogP contribution in [0.15, 0.2) is 36.4 Å². The van der Waals surface area contributed by atoms with Gasteiger partial charge < -0.3 is 9.47 Å². The van der Waals surface area contributed by atoms with Crippen LogP contribution in [0.5, 0.6) is 5.75 Å². The van der Waals surface area contributed by atoms with Crippen molar-refractivity contribution in [1.29, 1.82) is 0 Å². The Hall–Kier alpha value is -1.70. The van der Waals surface area contributed by atoms with Crippen LogP contribution in [0.1, 0.15) is 28.4 Å². The van der Waals surface area contributed by atoms with Crippen LogP contribution in [0.4, 0.5) is 0 Å². The van der Waals surface area contributed by atoms with E-state index in [-0.39, 0.29) is 12.6 Å². The molecule has 0 aromatic heterocycles. The van der Waals surface area contributed by atoms with Gasteiger partial charge >= 0.3 is 0 Å². The molecule has 0 radical (unpaired) electrons. The molecule has 0 fully saturated rings. The summed E-state index contributed by atoms with van der Waals surface area (Å²) in [5.74, 6) is 0.902. The fourth-order valence-corrected chi connectivity index (χ4v) is 3.61. The van der Waals surface area contributed by atoms with Gasteiger partial charge in [0, 0.05) is 18.0 Å². The minimum Gasteiger partial charge on any atom is -0.467 e. The predicted octanol–water partition coefficient (Wildman–Crippen LogP) is 3.12. The number of benzene rings is 2. The number of ether oxygens (including phenoxy) is 2. The Morgan fingerprint density at radius 3 is 2.41 bits per heavy atom. The summed E-state index contributed by atoms with van der Waals surface area (Å²) in [5, 5.41) is 2.13. The maximum atomic E-state index is 11.9. The first kappa shape index (κ1) is 16.7. The third kappa shape index (κ3) is 4.16. The normalized spacial score (nSPS) is 11.1. The lowest BCUT2D eigenvalue weighted by molar-refractivity contribution is 0.0519. The molecule has 22 heavy (non-hydrogen) atoms. The van der Waals surface area contributed by atoms with E-state index in [1.165, 1.54) is 5.56 Å². The molecule has 1 unspecified atom stereocenters. The van der Waals surface area contributed by atoms with E-state index in [0.717, 1.165) is 27.5 Å². The second-order valence-corrected chi connectivity index (χ2v) is 6.61. The first-order valence-electron chi connectivity index (χ1n) is 7.12. The van der Waals surface area contributed by atoms with Crippen LogP contribution in [-0.2, 0) is 4.74 Å². The Labute approximate surface area is 133 Å². The highest BCUT2D eigenvalue weighted by atomic mass is 31.1. The fraction of sp³-hybridized carbons (Fsp3) is 0.278. The number of carbonyl (C=O) groups is 1. The monoisotopic (exact) mass is 316 g/mol. The van der Waals surface area contributed by atoms with E-state index in [0.29, 0.717) is 8.58 Å².